The van der Waals surface area contributed by atoms with Crippen LogP contribution in [0.1, 0.15) is 21.5 Å². The van der Waals surface area contributed by atoms with Crippen molar-refractivity contribution in [2.24, 2.45) is 0 Å². The van der Waals surface area contributed by atoms with Gasteiger partial charge in [0.25, 0.3) is 5.56 Å². The topological polar surface area (TPSA) is 52.0 Å². The summed E-state index contributed by atoms with van der Waals surface area (Å²) >= 11 is 1.15. The van der Waals surface area contributed by atoms with E-state index in [2.05, 4.69) is 4.98 Å². The Morgan fingerprint density at radius 2 is 1.70 bits per heavy atom. The molecule has 4 nitrogen and oxygen atoms in total. The van der Waals surface area contributed by atoms with Crippen LogP contribution in [0, 0.1) is 12.7 Å². The fourth-order valence-corrected chi connectivity index (χ4v) is 4.05. The van der Waals surface area contributed by atoms with Gasteiger partial charge in [0.05, 0.1) is 28.8 Å². The highest BCUT2D eigenvalue weighted by Gasteiger charge is 2.16. The Labute approximate surface area is 177 Å². The zero-order valence-electron chi connectivity index (χ0n) is 16.3. The molecule has 0 saturated heterocycles. The number of ketones is 1. The average Bonchev–Trinajstić information content (AvgIpc) is 2.76. The molecule has 4 aromatic rings. The van der Waals surface area contributed by atoms with Crippen molar-refractivity contribution in [2.75, 3.05) is 5.75 Å². The highest BCUT2D eigenvalue weighted by molar-refractivity contribution is 7.99. The van der Waals surface area contributed by atoms with E-state index in [1.807, 2.05) is 37.3 Å². The van der Waals surface area contributed by atoms with Gasteiger partial charge >= 0.3 is 0 Å². The number of para-hydroxylation sites is 1. The van der Waals surface area contributed by atoms with Crippen LogP contribution in [0.15, 0.2) is 82.7 Å². The van der Waals surface area contributed by atoms with Crippen molar-refractivity contribution in [3.63, 3.8) is 0 Å². The van der Waals surface area contributed by atoms with Gasteiger partial charge in [-0.1, -0.05) is 65.9 Å². The molecule has 4 rings (SSSR count). The van der Waals surface area contributed by atoms with Gasteiger partial charge in [-0.3, -0.25) is 14.2 Å². The maximum atomic E-state index is 13.9. The second-order valence-electron chi connectivity index (χ2n) is 6.98. The molecule has 6 heteroatoms. The number of hydrogen-bond donors (Lipinski definition) is 0. The molecule has 0 aliphatic carbocycles. The molecule has 30 heavy (non-hydrogen) atoms. The number of nitrogens with zero attached hydrogens (tertiary/aromatic N) is 2. The van der Waals surface area contributed by atoms with Crippen LogP contribution in [0.4, 0.5) is 4.39 Å². The first-order valence-electron chi connectivity index (χ1n) is 9.48. The van der Waals surface area contributed by atoms with E-state index in [1.54, 1.807) is 34.9 Å². The van der Waals surface area contributed by atoms with Crippen molar-refractivity contribution in [1.29, 1.82) is 0 Å². The maximum Gasteiger partial charge on any atom is 0.262 e. The van der Waals surface area contributed by atoms with Gasteiger partial charge in [0, 0.05) is 0 Å². The molecule has 0 fully saturated rings. The third kappa shape index (κ3) is 4.19. The third-order valence-corrected chi connectivity index (χ3v) is 5.77. The molecule has 0 bridgehead atoms. The van der Waals surface area contributed by atoms with E-state index in [0.29, 0.717) is 22.6 Å². The summed E-state index contributed by atoms with van der Waals surface area (Å²) in [6, 6.07) is 21.0. The van der Waals surface area contributed by atoms with Crippen LogP contribution in [0.2, 0.25) is 0 Å². The minimum Gasteiger partial charge on any atom is -0.293 e. The number of hydrogen-bond acceptors (Lipinski definition) is 4. The highest BCUT2D eigenvalue weighted by Crippen LogP contribution is 2.21. The first kappa shape index (κ1) is 20.0. The van der Waals surface area contributed by atoms with Crippen LogP contribution in [0.3, 0.4) is 0 Å². The smallest absolute Gasteiger partial charge is 0.262 e. The molecule has 1 aromatic heterocycles. The molecule has 0 radical (unpaired) electrons. The van der Waals surface area contributed by atoms with Gasteiger partial charge < -0.3 is 0 Å². The predicted molar refractivity (Wildman–Crippen MR) is 118 cm³/mol. The van der Waals surface area contributed by atoms with Crippen LogP contribution < -0.4 is 5.56 Å². The Kier molecular flexibility index (Phi) is 5.77. The van der Waals surface area contributed by atoms with Gasteiger partial charge in [-0.05, 0) is 36.8 Å². The molecule has 1 heterocycles. The van der Waals surface area contributed by atoms with Crippen molar-refractivity contribution in [3.8, 4) is 0 Å². The summed E-state index contributed by atoms with van der Waals surface area (Å²) in [6.45, 7) is 2.34. The van der Waals surface area contributed by atoms with E-state index in [1.165, 1.54) is 12.1 Å². The second kappa shape index (κ2) is 8.63. The zero-order chi connectivity index (χ0) is 21.1. The number of carbonyl (C=O) groups excluding carboxylic acids is 1. The third-order valence-electron chi connectivity index (χ3n) is 4.79. The van der Waals surface area contributed by atoms with E-state index in [9.17, 15) is 14.0 Å². The van der Waals surface area contributed by atoms with Crippen LogP contribution in [0.5, 0.6) is 0 Å². The molecule has 0 N–H and O–H groups in total. The summed E-state index contributed by atoms with van der Waals surface area (Å²) in [4.78, 5) is 30.3. The van der Waals surface area contributed by atoms with Gasteiger partial charge in [-0.2, -0.15) is 0 Å². The van der Waals surface area contributed by atoms with E-state index < -0.39 is 5.82 Å². The van der Waals surface area contributed by atoms with Crippen molar-refractivity contribution in [3.05, 3.63) is 106 Å². The molecule has 0 aliphatic heterocycles. The zero-order valence-corrected chi connectivity index (χ0v) is 17.2. The first-order valence-corrected chi connectivity index (χ1v) is 10.5. The van der Waals surface area contributed by atoms with Crippen molar-refractivity contribution < 1.29 is 9.18 Å². The number of benzene rings is 3. The number of fused-ring (bicyclic) bond motifs is 1. The number of thioether (sulfide) groups is 1. The predicted octanol–water partition coefficient (Wildman–Crippen LogP) is 4.87. The molecule has 3 aromatic carbocycles. The lowest BCUT2D eigenvalue weighted by Gasteiger charge is -2.13. The average molecular weight is 418 g/mol. The van der Waals surface area contributed by atoms with Crippen LogP contribution in [-0.4, -0.2) is 21.1 Å². The number of halogens is 1. The summed E-state index contributed by atoms with van der Waals surface area (Å²) in [7, 11) is 0. The van der Waals surface area contributed by atoms with Crippen molar-refractivity contribution in [1.82, 2.24) is 9.55 Å². The fourth-order valence-electron chi connectivity index (χ4n) is 3.17. The summed E-state index contributed by atoms with van der Waals surface area (Å²) in [5, 5.41) is 0.957. The number of aromatic nitrogens is 2. The summed E-state index contributed by atoms with van der Waals surface area (Å²) < 4.78 is 15.5. The Morgan fingerprint density at radius 3 is 2.47 bits per heavy atom. The van der Waals surface area contributed by atoms with Crippen molar-refractivity contribution in [2.45, 2.75) is 18.6 Å². The highest BCUT2D eigenvalue weighted by atomic mass is 32.2. The van der Waals surface area contributed by atoms with E-state index in [-0.39, 0.29) is 22.7 Å². The minimum atomic E-state index is -0.549. The molecule has 0 spiro atoms. The lowest BCUT2D eigenvalue weighted by Crippen LogP contribution is -2.24. The number of Topliss-reactive ketones (excluding diaryl/α,β-unsaturated/α-hetero) is 1. The molecular weight excluding hydrogens is 399 g/mol. The van der Waals surface area contributed by atoms with Gasteiger partial charge in [-0.15, -0.1) is 0 Å². The SMILES string of the molecule is Cc1ccc(Cn2c(SCC(=O)c3ccccc3F)nc3ccccc3c2=O)cc1. The number of aryl methyl sites for hydroxylation is 1. The Balaban J connectivity index is 1.70. The van der Waals surface area contributed by atoms with E-state index in [4.69, 9.17) is 0 Å². The molecule has 0 unspecified atom stereocenters. The fraction of sp³-hybridized carbons (Fsp3) is 0.125. The minimum absolute atomic E-state index is 0.0143. The molecule has 150 valence electrons. The van der Waals surface area contributed by atoms with E-state index in [0.717, 1.165) is 22.9 Å². The number of carbonyl (C=O) groups is 1. The Bertz CT molecular complexity index is 1280. The maximum absolute atomic E-state index is 13.9. The van der Waals surface area contributed by atoms with Crippen LogP contribution in [0.25, 0.3) is 10.9 Å². The summed E-state index contributed by atoms with van der Waals surface area (Å²) in [5.41, 5.74) is 2.54. The molecule has 0 saturated carbocycles. The Morgan fingerprint density at radius 1 is 1.00 bits per heavy atom. The standard InChI is InChI=1S/C24H19FN2O2S/c1-16-10-12-17(13-11-16)14-27-23(29)19-7-3-5-9-21(19)26-24(27)30-15-22(28)18-6-2-4-8-20(18)25/h2-13H,14-15H2,1H3. The molecule has 0 aliphatic rings. The van der Waals surface area contributed by atoms with Gasteiger partial charge in [-0.25, -0.2) is 9.37 Å². The van der Waals surface area contributed by atoms with Crippen LogP contribution in [-0.2, 0) is 6.54 Å². The normalized spacial score (nSPS) is 11.0. The molecule has 0 amide bonds. The molecular formula is C24H19FN2O2S. The van der Waals surface area contributed by atoms with Gasteiger partial charge in [0.15, 0.2) is 10.9 Å². The largest absolute Gasteiger partial charge is 0.293 e. The van der Waals surface area contributed by atoms with Crippen molar-refractivity contribution >= 4 is 28.4 Å². The summed E-state index contributed by atoms with van der Waals surface area (Å²) in [6.07, 6.45) is 0. The lowest BCUT2D eigenvalue weighted by molar-refractivity contribution is 0.101. The van der Waals surface area contributed by atoms with Gasteiger partial charge in [0.1, 0.15) is 5.82 Å². The van der Waals surface area contributed by atoms with Crippen LogP contribution >= 0.6 is 11.8 Å². The monoisotopic (exact) mass is 418 g/mol. The lowest BCUT2D eigenvalue weighted by atomic mass is 10.1. The number of rotatable bonds is 6. The second-order valence-corrected chi connectivity index (χ2v) is 7.92. The first-order chi connectivity index (χ1) is 14.5. The van der Waals surface area contributed by atoms with Gasteiger partial charge in [0.2, 0.25) is 0 Å². The summed E-state index contributed by atoms with van der Waals surface area (Å²) in [5.74, 6) is -0.909. The molecule has 0 atom stereocenters. The quantitative estimate of drug-likeness (QED) is 0.255. The van der Waals surface area contributed by atoms with E-state index >= 15 is 0 Å². The Hall–Kier alpha value is -3.25.